The van der Waals surface area contributed by atoms with Crippen LogP contribution in [0.25, 0.3) is 6.08 Å². The van der Waals surface area contributed by atoms with Gasteiger partial charge in [-0.05, 0) is 44.4 Å². The Morgan fingerprint density at radius 3 is 2.62 bits per heavy atom. The number of rotatable bonds is 7. The van der Waals surface area contributed by atoms with E-state index in [0.29, 0.717) is 5.56 Å². The van der Waals surface area contributed by atoms with Gasteiger partial charge in [-0.25, -0.2) is 0 Å². The molecule has 2 heteroatoms. The quantitative estimate of drug-likeness (QED) is 0.704. The zero-order valence-electron chi connectivity index (χ0n) is 13.3. The van der Waals surface area contributed by atoms with E-state index >= 15 is 0 Å². The molecule has 0 amide bonds. The first-order valence-corrected chi connectivity index (χ1v) is 7.29. The van der Waals surface area contributed by atoms with Crippen molar-refractivity contribution in [1.82, 2.24) is 0 Å². The topological polar surface area (TPSA) is 40.5 Å². The lowest BCUT2D eigenvalue weighted by Gasteiger charge is -2.20. The van der Waals surface area contributed by atoms with Gasteiger partial charge in [-0.3, -0.25) is 0 Å². The van der Waals surface area contributed by atoms with E-state index in [4.69, 9.17) is 0 Å². The lowest BCUT2D eigenvalue weighted by atomic mass is 9.84. The summed E-state index contributed by atoms with van der Waals surface area (Å²) in [7, 11) is 0. The van der Waals surface area contributed by atoms with E-state index < -0.39 is 0 Å². The first-order chi connectivity index (χ1) is 9.90. The van der Waals surface area contributed by atoms with E-state index in [1.165, 1.54) is 5.57 Å². The van der Waals surface area contributed by atoms with E-state index in [1.54, 1.807) is 12.1 Å². The largest absolute Gasteiger partial charge is 0.508 e. The van der Waals surface area contributed by atoms with E-state index in [0.717, 1.165) is 18.4 Å². The molecule has 2 nitrogen and oxygen atoms in total. The van der Waals surface area contributed by atoms with Crippen molar-refractivity contribution in [3.8, 4) is 5.75 Å². The second-order valence-electron chi connectivity index (χ2n) is 5.91. The summed E-state index contributed by atoms with van der Waals surface area (Å²) in [6.07, 6.45) is 10.4. The summed E-state index contributed by atoms with van der Waals surface area (Å²) in [5, 5.41) is 18.7. The Balaban J connectivity index is 2.84. The average Bonchev–Trinajstić information content (AvgIpc) is 2.46. The molecular weight excluding hydrogens is 260 g/mol. The third-order valence-corrected chi connectivity index (χ3v) is 3.63. The van der Waals surface area contributed by atoms with Gasteiger partial charge >= 0.3 is 0 Å². The molecule has 0 fully saturated rings. The number of hydrogen-bond acceptors (Lipinski definition) is 2. The van der Waals surface area contributed by atoms with Gasteiger partial charge in [0.1, 0.15) is 5.75 Å². The molecule has 1 atom stereocenters. The second kappa shape index (κ2) is 7.84. The third-order valence-electron chi connectivity index (χ3n) is 3.63. The van der Waals surface area contributed by atoms with Crippen molar-refractivity contribution >= 4 is 6.08 Å². The van der Waals surface area contributed by atoms with E-state index in [9.17, 15) is 10.2 Å². The van der Waals surface area contributed by atoms with Crippen molar-refractivity contribution in [3.63, 3.8) is 0 Å². The summed E-state index contributed by atoms with van der Waals surface area (Å²) < 4.78 is 0. The van der Waals surface area contributed by atoms with Crippen LogP contribution in [0.1, 0.15) is 44.7 Å². The van der Waals surface area contributed by atoms with E-state index in [1.807, 2.05) is 18.2 Å². The van der Waals surface area contributed by atoms with Crippen molar-refractivity contribution in [2.45, 2.75) is 40.2 Å². The third kappa shape index (κ3) is 5.60. The van der Waals surface area contributed by atoms with Gasteiger partial charge in [0.25, 0.3) is 0 Å². The molecule has 21 heavy (non-hydrogen) atoms. The highest BCUT2D eigenvalue weighted by Crippen LogP contribution is 2.28. The van der Waals surface area contributed by atoms with Crippen molar-refractivity contribution in [3.05, 3.63) is 59.7 Å². The molecule has 1 aromatic rings. The zero-order chi connectivity index (χ0) is 15.9. The van der Waals surface area contributed by atoms with E-state index in [2.05, 4.69) is 39.5 Å². The van der Waals surface area contributed by atoms with Crippen LogP contribution in [0.2, 0.25) is 0 Å². The zero-order valence-corrected chi connectivity index (χ0v) is 13.3. The highest BCUT2D eigenvalue weighted by molar-refractivity contribution is 5.54. The normalized spacial score (nSPS) is 13.9. The van der Waals surface area contributed by atoms with Crippen molar-refractivity contribution < 1.29 is 10.2 Å². The second-order valence-corrected chi connectivity index (χ2v) is 5.91. The molecule has 0 aliphatic carbocycles. The number of aliphatic hydroxyl groups is 1. The predicted molar refractivity (Wildman–Crippen MR) is 90.0 cm³/mol. The molecule has 1 aromatic carbocycles. The lowest BCUT2D eigenvalue weighted by Crippen LogP contribution is -2.08. The molecule has 0 aliphatic rings. The van der Waals surface area contributed by atoms with Gasteiger partial charge in [0.05, 0.1) is 6.61 Å². The molecule has 0 radical (unpaired) electrons. The number of aromatic hydroxyl groups is 1. The number of hydrogen-bond donors (Lipinski definition) is 2. The minimum atomic E-state index is -0.160. The molecule has 0 heterocycles. The van der Waals surface area contributed by atoms with Crippen LogP contribution in [-0.2, 0) is 6.61 Å². The first-order valence-electron chi connectivity index (χ1n) is 7.29. The van der Waals surface area contributed by atoms with Crippen LogP contribution < -0.4 is 0 Å². The van der Waals surface area contributed by atoms with Gasteiger partial charge in [-0.15, -0.1) is 6.58 Å². The van der Waals surface area contributed by atoms with Crippen molar-refractivity contribution in [2.24, 2.45) is 5.41 Å². The minimum Gasteiger partial charge on any atom is -0.508 e. The molecule has 0 bridgehead atoms. The summed E-state index contributed by atoms with van der Waals surface area (Å²) in [5.41, 5.74) is 2.77. The Morgan fingerprint density at radius 1 is 1.33 bits per heavy atom. The fraction of sp³-hybridized carbons (Fsp3) is 0.368. The first kappa shape index (κ1) is 17.3. The number of aliphatic hydroxyl groups excluding tert-OH is 1. The number of benzene rings is 1. The summed E-state index contributed by atoms with van der Waals surface area (Å²) >= 11 is 0. The van der Waals surface area contributed by atoms with Crippen LogP contribution in [0, 0.1) is 5.41 Å². The van der Waals surface area contributed by atoms with Gasteiger partial charge in [-0.1, -0.05) is 42.9 Å². The van der Waals surface area contributed by atoms with Gasteiger partial charge in [0, 0.05) is 11.0 Å². The molecule has 0 aliphatic heterocycles. The minimum absolute atomic E-state index is 0.0663. The number of phenols is 1. The van der Waals surface area contributed by atoms with Gasteiger partial charge < -0.3 is 10.2 Å². The Bertz CT molecular complexity index is 536. The SMILES string of the molecule is C=C[C@@](C)(/C=C/c1ccc(O)c(CO)c1)CCC=C(C)C. The Labute approximate surface area is 128 Å². The van der Waals surface area contributed by atoms with Crippen LogP contribution in [0.15, 0.2) is 48.6 Å². The van der Waals surface area contributed by atoms with Crippen LogP contribution in [-0.4, -0.2) is 10.2 Å². The molecule has 0 aromatic heterocycles. The summed E-state index contributed by atoms with van der Waals surface area (Å²) in [5.74, 6) is 0.129. The maximum Gasteiger partial charge on any atom is 0.121 e. The number of allylic oxidation sites excluding steroid dienone is 4. The van der Waals surface area contributed by atoms with E-state index in [-0.39, 0.29) is 17.8 Å². The van der Waals surface area contributed by atoms with Crippen LogP contribution in [0.4, 0.5) is 0 Å². The highest BCUT2D eigenvalue weighted by atomic mass is 16.3. The molecule has 0 unspecified atom stereocenters. The predicted octanol–water partition coefficient (Wildman–Crippen LogP) is 4.84. The Morgan fingerprint density at radius 2 is 2.05 bits per heavy atom. The van der Waals surface area contributed by atoms with Crippen molar-refractivity contribution in [1.29, 1.82) is 0 Å². The van der Waals surface area contributed by atoms with Crippen LogP contribution in [0.5, 0.6) is 5.75 Å². The van der Waals surface area contributed by atoms with Gasteiger partial charge in [0.2, 0.25) is 0 Å². The molecule has 0 spiro atoms. The molecule has 0 saturated carbocycles. The Hall–Kier alpha value is -1.80. The smallest absolute Gasteiger partial charge is 0.121 e. The average molecular weight is 286 g/mol. The fourth-order valence-corrected chi connectivity index (χ4v) is 2.05. The molecule has 1 rings (SSSR count). The molecule has 114 valence electrons. The van der Waals surface area contributed by atoms with Crippen molar-refractivity contribution in [2.75, 3.05) is 0 Å². The maximum atomic E-state index is 9.57. The summed E-state index contributed by atoms with van der Waals surface area (Å²) in [6, 6.07) is 5.25. The molecule has 2 N–H and O–H groups in total. The monoisotopic (exact) mass is 286 g/mol. The summed E-state index contributed by atoms with van der Waals surface area (Å²) in [4.78, 5) is 0. The maximum absolute atomic E-state index is 9.57. The van der Waals surface area contributed by atoms with Gasteiger partial charge in [0.15, 0.2) is 0 Å². The van der Waals surface area contributed by atoms with Crippen LogP contribution >= 0.6 is 0 Å². The Kier molecular flexibility index (Phi) is 6.44. The molecule has 0 saturated heterocycles. The standard InChI is InChI=1S/C19H26O2/c1-5-19(4,11-6-7-15(2)3)12-10-16-8-9-18(21)17(13-16)14-20/h5,7-10,12-13,20-21H,1,6,11,14H2,2-4H3/b12-10+/t19-/m1/s1. The van der Waals surface area contributed by atoms with Gasteiger partial charge in [-0.2, -0.15) is 0 Å². The van der Waals surface area contributed by atoms with Crippen LogP contribution in [0.3, 0.4) is 0 Å². The fourth-order valence-electron chi connectivity index (χ4n) is 2.05. The highest BCUT2D eigenvalue weighted by Gasteiger charge is 2.15. The molecular formula is C19H26O2. The lowest BCUT2D eigenvalue weighted by molar-refractivity contribution is 0.275. The summed E-state index contributed by atoms with van der Waals surface area (Å²) in [6.45, 7) is 10.1.